The van der Waals surface area contributed by atoms with Gasteiger partial charge in [0.2, 0.25) is 0 Å². The number of aromatic nitrogens is 2. The van der Waals surface area contributed by atoms with Crippen LogP contribution in [0.2, 0.25) is 0 Å². The van der Waals surface area contributed by atoms with E-state index in [2.05, 4.69) is 9.97 Å². The third kappa shape index (κ3) is 4.00. The van der Waals surface area contributed by atoms with E-state index in [0.717, 1.165) is 5.56 Å². The number of carbonyl (C=O) groups excluding carboxylic acids is 1. The zero-order valence-electron chi connectivity index (χ0n) is 14.7. The summed E-state index contributed by atoms with van der Waals surface area (Å²) in [6, 6.07) is 9.83. The van der Waals surface area contributed by atoms with Gasteiger partial charge >= 0.3 is 5.97 Å². The molecule has 3 aromatic rings. The Bertz CT molecular complexity index is 963. The number of nitrogens with one attached hydrogen (secondary N) is 1. The maximum Gasteiger partial charge on any atom is 0.348 e. The summed E-state index contributed by atoms with van der Waals surface area (Å²) in [5.74, 6) is 0.133. The molecule has 3 rings (SSSR count). The molecule has 0 saturated heterocycles. The second-order valence-electron chi connectivity index (χ2n) is 5.86. The van der Waals surface area contributed by atoms with E-state index in [0.29, 0.717) is 52.5 Å². The highest BCUT2D eigenvalue weighted by molar-refractivity contribution is 7.20. The number of nitrogens with zero attached hydrogens (tertiary/aromatic N) is 1. The molecule has 0 amide bonds. The average Bonchev–Trinajstić information content (AvgIpc) is 2.98. The first-order chi connectivity index (χ1) is 12.6. The lowest BCUT2D eigenvalue weighted by molar-refractivity contribution is 0.0514. The third-order valence-corrected chi connectivity index (χ3v) is 5.21. The van der Waals surface area contributed by atoms with Gasteiger partial charge in [-0.05, 0) is 18.1 Å². The summed E-state index contributed by atoms with van der Waals surface area (Å²) in [6.45, 7) is 2.50. The van der Waals surface area contributed by atoms with Crippen LogP contribution in [0.4, 0.5) is 0 Å². The first-order valence-electron chi connectivity index (χ1n) is 8.32. The van der Waals surface area contributed by atoms with Crippen molar-refractivity contribution in [2.24, 2.45) is 0 Å². The number of aryl methyl sites for hydroxylation is 1. The first-order valence-corrected chi connectivity index (χ1v) is 9.14. The minimum atomic E-state index is -0.417. The Labute approximate surface area is 154 Å². The van der Waals surface area contributed by atoms with Crippen LogP contribution in [0.1, 0.15) is 26.6 Å². The van der Waals surface area contributed by atoms with Crippen LogP contribution in [0.25, 0.3) is 10.2 Å². The van der Waals surface area contributed by atoms with Gasteiger partial charge in [-0.1, -0.05) is 30.3 Å². The Morgan fingerprint density at radius 2 is 1.96 bits per heavy atom. The van der Waals surface area contributed by atoms with Crippen LogP contribution in [-0.2, 0) is 22.3 Å². The molecular formula is C19H20N2O4S. The summed E-state index contributed by atoms with van der Waals surface area (Å²) >= 11 is 1.19. The Kier molecular flexibility index (Phi) is 5.80. The third-order valence-electron chi connectivity index (χ3n) is 4.04. The summed E-state index contributed by atoms with van der Waals surface area (Å²) < 4.78 is 10.4. The highest BCUT2D eigenvalue weighted by atomic mass is 32.1. The van der Waals surface area contributed by atoms with Gasteiger partial charge in [-0.2, -0.15) is 0 Å². The second-order valence-corrected chi connectivity index (χ2v) is 6.86. The van der Waals surface area contributed by atoms with Crippen LogP contribution >= 0.6 is 11.3 Å². The summed E-state index contributed by atoms with van der Waals surface area (Å²) in [7, 11) is 1.59. The normalized spacial score (nSPS) is 11.0. The number of H-pyrrole nitrogens is 1. The highest BCUT2D eigenvalue weighted by Gasteiger charge is 2.20. The van der Waals surface area contributed by atoms with Gasteiger partial charge in [0.1, 0.15) is 15.5 Å². The highest BCUT2D eigenvalue weighted by Crippen LogP contribution is 2.27. The molecule has 1 N–H and O–H groups in total. The zero-order chi connectivity index (χ0) is 18.5. The molecule has 0 aliphatic heterocycles. The smallest absolute Gasteiger partial charge is 0.348 e. The summed E-state index contributed by atoms with van der Waals surface area (Å²) in [6.07, 6.45) is 1.16. The Morgan fingerprint density at radius 1 is 1.19 bits per heavy atom. The van der Waals surface area contributed by atoms with E-state index >= 15 is 0 Å². The number of hydrogen-bond donors (Lipinski definition) is 1. The van der Waals surface area contributed by atoms with E-state index in [4.69, 9.17) is 9.47 Å². The Morgan fingerprint density at radius 3 is 2.69 bits per heavy atom. The van der Waals surface area contributed by atoms with E-state index in [1.807, 2.05) is 30.3 Å². The number of carbonyl (C=O) groups is 1. The number of methoxy groups -OCH3 is 1. The molecule has 136 valence electrons. The quantitative estimate of drug-likeness (QED) is 0.645. The fraction of sp³-hybridized carbons (Fsp3) is 0.316. The molecule has 0 aliphatic carbocycles. The lowest BCUT2D eigenvalue weighted by atomic mass is 10.2. The van der Waals surface area contributed by atoms with E-state index in [1.165, 1.54) is 11.3 Å². The molecule has 0 spiro atoms. The molecule has 0 bridgehead atoms. The molecule has 0 radical (unpaired) electrons. The molecule has 7 heteroatoms. The molecule has 6 nitrogen and oxygen atoms in total. The number of fused-ring (bicyclic) bond motifs is 1. The monoisotopic (exact) mass is 372 g/mol. The molecule has 0 aliphatic rings. The van der Waals surface area contributed by atoms with Gasteiger partial charge in [0, 0.05) is 20.0 Å². The molecule has 2 heterocycles. The minimum Gasteiger partial charge on any atom is -0.461 e. The fourth-order valence-electron chi connectivity index (χ4n) is 2.67. The summed E-state index contributed by atoms with van der Waals surface area (Å²) in [5, 5.41) is 0.450. The number of aromatic amines is 1. The number of hydrogen-bond acceptors (Lipinski definition) is 6. The van der Waals surface area contributed by atoms with Gasteiger partial charge in [-0.25, -0.2) is 9.78 Å². The summed E-state index contributed by atoms with van der Waals surface area (Å²) in [4.78, 5) is 32.9. The van der Waals surface area contributed by atoms with E-state index in [9.17, 15) is 9.59 Å². The van der Waals surface area contributed by atoms with E-state index in [1.54, 1.807) is 14.0 Å². The van der Waals surface area contributed by atoms with Gasteiger partial charge in [0.25, 0.3) is 5.56 Å². The van der Waals surface area contributed by atoms with Gasteiger partial charge in [0.05, 0.1) is 18.6 Å². The molecule has 0 unspecified atom stereocenters. The minimum absolute atomic E-state index is 0.238. The SMILES string of the molecule is COCCc1nc2sc(C(=O)OCCc3ccccc3)c(C)c2c(=O)[nH]1. The lowest BCUT2D eigenvalue weighted by Crippen LogP contribution is -2.13. The maximum atomic E-state index is 12.4. The van der Waals surface area contributed by atoms with Crippen molar-refractivity contribution in [1.29, 1.82) is 0 Å². The largest absolute Gasteiger partial charge is 0.461 e. The van der Waals surface area contributed by atoms with Crippen molar-refractivity contribution in [3.63, 3.8) is 0 Å². The Hall–Kier alpha value is -2.51. The number of benzene rings is 1. The predicted molar refractivity (Wildman–Crippen MR) is 101 cm³/mol. The van der Waals surface area contributed by atoms with Crippen molar-refractivity contribution >= 4 is 27.5 Å². The maximum absolute atomic E-state index is 12.4. The lowest BCUT2D eigenvalue weighted by Gasteiger charge is -2.04. The van der Waals surface area contributed by atoms with E-state index < -0.39 is 5.97 Å². The molecule has 0 atom stereocenters. The van der Waals surface area contributed by atoms with Gasteiger partial charge in [-0.3, -0.25) is 4.79 Å². The number of thiophene rings is 1. The van der Waals surface area contributed by atoms with Crippen molar-refractivity contribution in [1.82, 2.24) is 9.97 Å². The van der Waals surface area contributed by atoms with E-state index in [-0.39, 0.29) is 5.56 Å². The molecule has 0 saturated carbocycles. The average molecular weight is 372 g/mol. The standard InChI is InChI=1S/C19H20N2O4S/c1-12-15-17(22)20-14(9-10-24-2)21-18(15)26-16(12)19(23)25-11-8-13-6-4-3-5-7-13/h3-7H,8-11H2,1-2H3,(H,20,21,22). The predicted octanol–water partition coefficient (Wildman–Crippen LogP) is 2.88. The van der Waals surface area contributed by atoms with Crippen molar-refractivity contribution in [3.8, 4) is 0 Å². The van der Waals surface area contributed by atoms with Crippen LogP contribution in [0.15, 0.2) is 35.1 Å². The first kappa shape index (κ1) is 18.3. The number of esters is 1. The van der Waals surface area contributed by atoms with Crippen LogP contribution in [0, 0.1) is 6.92 Å². The summed E-state index contributed by atoms with van der Waals surface area (Å²) in [5.41, 5.74) is 1.48. The van der Waals surface area contributed by atoms with Gasteiger partial charge < -0.3 is 14.5 Å². The number of rotatable bonds is 7. The van der Waals surface area contributed by atoms with Crippen LogP contribution < -0.4 is 5.56 Å². The molecule has 2 aromatic heterocycles. The van der Waals surface area contributed by atoms with Crippen LogP contribution in [0.5, 0.6) is 0 Å². The Balaban J connectivity index is 1.76. The van der Waals surface area contributed by atoms with Crippen molar-refractivity contribution < 1.29 is 14.3 Å². The van der Waals surface area contributed by atoms with Crippen molar-refractivity contribution in [2.75, 3.05) is 20.3 Å². The molecule has 0 fully saturated rings. The second kappa shape index (κ2) is 8.25. The van der Waals surface area contributed by atoms with Gasteiger partial charge in [0.15, 0.2) is 0 Å². The number of ether oxygens (including phenoxy) is 2. The molecular weight excluding hydrogens is 352 g/mol. The van der Waals surface area contributed by atoms with Crippen molar-refractivity contribution in [3.05, 3.63) is 62.5 Å². The van der Waals surface area contributed by atoms with Crippen LogP contribution in [-0.4, -0.2) is 36.3 Å². The zero-order valence-corrected chi connectivity index (χ0v) is 15.5. The fourth-order valence-corrected chi connectivity index (χ4v) is 3.77. The topological polar surface area (TPSA) is 81.3 Å². The molecule has 26 heavy (non-hydrogen) atoms. The molecule has 1 aromatic carbocycles. The van der Waals surface area contributed by atoms with Gasteiger partial charge in [-0.15, -0.1) is 11.3 Å². The van der Waals surface area contributed by atoms with Crippen molar-refractivity contribution in [2.45, 2.75) is 19.8 Å². The van der Waals surface area contributed by atoms with Crippen LogP contribution in [0.3, 0.4) is 0 Å².